The van der Waals surface area contributed by atoms with Gasteiger partial charge in [-0.3, -0.25) is 0 Å². The minimum absolute atomic E-state index is 0.272. The van der Waals surface area contributed by atoms with Crippen LogP contribution in [0.1, 0.15) is 4.88 Å². The molecular formula is C15H8FIN2S2. The van der Waals surface area contributed by atoms with E-state index >= 15 is 0 Å². The Hall–Kier alpha value is -1.43. The van der Waals surface area contributed by atoms with Crippen LogP contribution in [-0.4, -0.2) is 0 Å². The molecule has 2 N–H and O–H groups in total. The fraction of sp³-hybridized carbons (Fsp3) is 0. The summed E-state index contributed by atoms with van der Waals surface area (Å²) in [6, 6.07) is 10.7. The first kappa shape index (κ1) is 14.5. The van der Waals surface area contributed by atoms with Gasteiger partial charge in [-0.05, 0) is 52.2 Å². The van der Waals surface area contributed by atoms with Crippen LogP contribution in [0, 0.1) is 20.7 Å². The van der Waals surface area contributed by atoms with Crippen LogP contribution in [0.25, 0.3) is 20.9 Å². The van der Waals surface area contributed by atoms with E-state index in [0.29, 0.717) is 10.6 Å². The Morgan fingerprint density at radius 2 is 2.10 bits per heavy atom. The molecule has 0 spiro atoms. The summed E-state index contributed by atoms with van der Waals surface area (Å²) in [6.07, 6.45) is 0. The van der Waals surface area contributed by atoms with Crippen molar-refractivity contribution < 1.29 is 4.39 Å². The van der Waals surface area contributed by atoms with E-state index in [4.69, 9.17) is 5.73 Å². The van der Waals surface area contributed by atoms with Crippen molar-refractivity contribution in [3.8, 4) is 27.0 Å². The molecule has 0 radical (unpaired) electrons. The minimum atomic E-state index is -0.272. The third-order valence-corrected chi connectivity index (χ3v) is 5.91. The average molecular weight is 426 g/mol. The summed E-state index contributed by atoms with van der Waals surface area (Å²) in [5.74, 6) is -0.272. The Bertz CT molecular complexity index is 847. The summed E-state index contributed by atoms with van der Waals surface area (Å²) in [5, 5.41) is 11.2. The quantitative estimate of drug-likeness (QED) is 0.563. The van der Waals surface area contributed by atoms with Crippen molar-refractivity contribution in [1.29, 1.82) is 5.26 Å². The monoisotopic (exact) mass is 426 g/mol. The van der Waals surface area contributed by atoms with E-state index in [0.717, 1.165) is 24.5 Å². The number of nitrogen functional groups attached to an aromatic ring is 1. The lowest BCUT2D eigenvalue weighted by Crippen LogP contribution is -1.89. The average Bonchev–Trinajstić information content (AvgIpc) is 3.06. The molecule has 2 heterocycles. The predicted molar refractivity (Wildman–Crippen MR) is 94.9 cm³/mol. The van der Waals surface area contributed by atoms with Gasteiger partial charge in [0.15, 0.2) is 0 Å². The van der Waals surface area contributed by atoms with Crippen LogP contribution in [0.15, 0.2) is 35.7 Å². The van der Waals surface area contributed by atoms with Gasteiger partial charge < -0.3 is 5.73 Å². The molecule has 0 aliphatic rings. The van der Waals surface area contributed by atoms with Crippen LogP contribution in [0.4, 0.5) is 10.1 Å². The Kier molecular flexibility index (Phi) is 3.97. The van der Waals surface area contributed by atoms with Gasteiger partial charge in [0.1, 0.15) is 16.8 Å². The molecule has 3 rings (SSSR count). The number of anilines is 1. The first-order valence-corrected chi connectivity index (χ1v) is 8.71. The van der Waals surface area contributed by atoms with E-state index in [1.54, 1.807) is 17.4 Å². The lowest BCUT2D eigenvalue weighted by atomic mass is 10.1. The Morgan fingerprint density at radius 3 is 2.71 bits per heavy atom. The van der Waals surface area contributed by atoms with Gasteiger partial charge in [0.25, 0.3) is 0 Å². The molecule has 0 fully saturated rings. The lowest BCUT2D eigenvalue weighted by molar-refractivity contribution is 0.627. The highest BCUT2D eigenvalue weighted by Crippen LogP contribution is 2.47. The topological polar surface area (TPSA) is 49.8 Å². The number of hydrogen-bond donors (Lipinski definition) is 1. The highest BCUT2D eigenvalue weighted by atomic mass is 127. The smallest absolute Gasteiger partial charge is 0.129 e. The summed E-state index contributed by atoms with van der Waals surface area (Å²) in [4.78, 5) is 2.42. The van der Waals surface area contributed by atoms with Crippen molar-refractivity contribution in [3.63, 3.8) is 0 Å². The minimum Gasteiger partial charge on any atom is -0.396 e. The van der Waals surface area contributed by atoms with Crippen molar-refractivity contribution in [2.45, 2.75) is 0 Å². The molecule has 0 bridgehead atoms. The maximum atomic E-state index is 13.3. The molecule has 0 aliphatic heterocycles. The van der Waals surface area contributed by atoms with Crippen molar-refractivity contribution in [2.24, 2.45) is 0 Å². The Balaban J connectivity index is 2.30. The molecule has 6 heteroatoms. The first-order valence-electron chi connectivity index (χ1n) is 5.93. The zero-order valence-electron chi connectivity index (χ0n) is 10.6. The highest BCUT2D eigenvalue weighted by molar-refractivity contribution is 14.1. The molecule has 0 amide bonds. The molecule has 2 aromatic heterocycles. The van der Waals surface area contributed by atoms with Crippen LogP contribution >= 0.6 is 45.3 Å². The largest absolute Gasteiger partial charge is 0.396 e. The molecule has 0 saturated carbocycles. The zero-order chi connectivity index (χ0) is 15.0. The molecule has 0 unspecified atom stereocenters. The van der Waals surface area contributed by atoms with Crippen molar-refractivity contribution in [3.05, 3.63) is 50.0 Å². The number of nitrogens with zero attached hydrogens (tertiary/aromatic N) is 1. The standard InChI is InChI=1S/C15H8FIN2S2/c16-8-3-4-9(10(17)6-8)15-13(11-2-1-5-20-11)14(19)12(7-18)21-15/h1-6H,19H2. The molecule has 0 atom stereocenters. The van der Waals surface area contributed by atoms with Crippen molar-refractivity contribution in [1.82, 2.24) is 0 Å². The van der Waals surface area contributed by atoms with Gasteiger partial charge in [0.05, 0.1) is 5.69 Å². The maximum Gasteiger partial charge on any atom is 0.129 e. The van der Waals surface area contributed by atoms with Gasteiger partial charge in [0.2, 0.25) is 0 Å². The molecule has 104 valence electrons. The summed E-state index contributed by atoms with van der Waals surface area (Å²) in [7, 11) is 0. The SMILES string of the molecule is N#Cc1sc(-c2ccc(F)cc2I)c(-c2cccs2)c1N. The summed E-state index contributed by atoms with van der Waals surface area (Å²) >= 11 is 5.03. The number of benzene rings is 1. The van der Waals surface area contributed by atoms with E-state index in [1.165, 1.54) is 23.5 Å². The normalized spacial score (nSPS) is 10.5. The van der Waals surface area contributed by atoms with Crippen molar-refractivity contribution >= 4 is 51.0 Å². The van der Waals surface area contributed by atoms with Crippen LogP contribution in [0.2, 0.25) is 0 Å². The fourth-order valence-corrected chi connectivity index (χ4v) is 4.91. The van der Waals surface area contributed by atoms with Gasteiger partial charge in [-0.2, -0.15) is 5.26 Å². The molecule has 0 saturated heterocycles. The van der Waals surface area contributed by atoms with Crippen LogP contribution in [0.3, 0.4) is 0 Å². The Labute approximate surface area is 142 Å². The van der Waals surface area contributed by atoms with Gasteiger partial charge in [0, 0.05) is 24.5 Å². The van der Waals surface area contributed by atoms with E-state index in [-0.39, 0.29) is 5.82 Å². The van der Waals surface area contributed by atoms with Gasteiger partial charge in [-0.15, -0.1) is 22.7 Å². The number of hydrogen-bond acceptors (Lipinski definition) is 4. The van der Waals surface area contributed by atoms with Crippen LogP contribution < -0.4 is 5.73 Å². The van der Waals surface area contributed by atoms with Gasteiger partial charge in [-0.1, -0.05) is 6.07 Å². The molecule has 2 nitrogen and oxygen atoms in total. The van der Waals surface area contributed by atoms with E-state index < -0.39 is 0 Å². The molecule has 21 heavy (non-hydrogen) atoms. The summed E-state index contributed by atoms with van der Waals surface area (Å²) < 4.78 is 14.1. The maximum absolute atomic E-state index is 13.3. The molecule has 1 aromatic carbocycles. The zero-order valence-corrected chi connectivity index (χ0v) is 14.4. The summed E-state index contributed by atoms with van der Waals surface area (Å²) in [5.41, 5.74) is 8.41. The highest BCUT2D eigenvalue weighted by Gasteiger charge is 2.21. The third-order valence-electron chi connectivity index (χ3n) is 2.99. The van der Waals surface area contributed by atoms with Crippen LogP contribution in [0.5, 0.6) is 0 Å². The van der Waals surface area contributed by atoms with Gasteiger partial charge in [-0.25, -0.2) is 4.39 Å². The Morgan fingerprint density at radius 1 is 1.29 bits per heavy atom. The molecule has 0 aliphatic carbocycles. The number of thiophene rings is 2. The van der Waals surface area contributed by atoms with E-state index in [2.05, 4.69) is 28.7 Å². The van der Waals surface area contributed by atoms with Crippen LogP contribution in [-0.2, 0) is 0 Å². The first-order chi connectivity index (χ1) is 10.1. The lowest BCUT2D eigenvalue weighted by Gasteiger charge is -2.06. The summed E-state index contributed by atoms with van der Waals surface area (Å²) in [6.45, 7) is 0. The predicted octanol–water partition coefficient (Wildman–Crippen LogP) is 5.34. The number of rotatable bonds is 2. The van der Waals surface area contributed by atoms with E-state index in [1.807, 2.05) is 17.5 Å². The van der Waals surface area contributed by atoms with Crippen molar-refractivity contribution in [2.75, 3.05) is 5.73 Å². The second-order valence-corrected chi connectivity index (χ2v) is 7.39. The fourth-order valence-electron chi connectivity index (χ4n) is 2.06. The number of halogens is 2. The second-order valence-electron chi connectivity index (χ2n) is 4.26. The molecule has 3 aromatic rings. The van der Waals surface area contributed by atoms with Gasteiger partial charge >= 0.3 is 0 Å². The second kappa shape index (κ2) is 5.75. The number of nitrogens with two attached hydrogens (primary N) is 1. The molecular weight excluding hydrogens is 418 g/mol. The number of nitriles is 1. The third kappa shape index (κ3) is 2.57. The van der Waals surface area contributed by atoms with E-state index in [9.17, 15) is 9.65 Å².